The van der Waals surface area contributed by atoms with Crippen LogP contribution in [0.5, 0.6) is 0 Å². The first-order chi connectivity index (χ1) is 22.8. The zero-order chi connectivity index (χ0) is 35.8. The van der Waals surface area contributed by atoms with Gasteiger partial charge in [-0.3, -0.25) is 33.8 Å². The van der Waals surface area contributed by atoms with Crippen LogP contribution in [0.2, 0.25) is 0 Å². The van der Waals surface area contributed by atoms with Gasteiger partial charge in [0.1, 0.15) is 30.2 Å². The van der Waals surface area contributed by atoms with Crippen molar-refractivity contribution in [3.63, 3.8) is 0 Å². The van der Waals surface area contributed by atoms with Crippen LogP contribution in [-0.2, 0) is 28.8 Å². The molecule has 2 aliphatic heterocycles. The van der Waals surface area contributed by atoms with Crippen molar-refractivity contribution in [3.05, 3.63) is 0 Å². The minimum absolute atomic E-state index is 0.0947. The lowest BCUT2D eigenvalue weighted by Gasteiger charge is -2.30. The van der Waals surface area contributed by atoms with Crippen LogP contribution < -0.4 is 43.8 Å². The number of unbranched alkanes of at least 4 members (excludes halogenated alkanes) is 1. The first-order valence-corrected chi connectivity index (χ1v) is 17.0. The summed E-state index contributed by atoms with van der Waals surface area (Å²) in [6, 6.07) is -5.48. The van der Waals surface area contributed by atoms with Gasteiger partial charge in [0.2, 0.25) is 29.5 Å². The van der Waals surface area contributed by atoms with Crippen LogP contribution in [-0.4, -0.2) is 114 Å². The SMILES string of the molecule is CC[C@H](C)[C@H](NC(=O)[C@H](CCCN=C(N)N)NC(=O)[C@H](CCCCN)NC(=O)[C@@H]1CCCN1C(=O)[C@@H]1CCCN1)C(=O)N[C@@H](C)C(=O)O. The maximum absolute atomic E-state index is 13.8. The molecule has 2 aliphatic rings. The normalized spacial score (nSPS) is 20.5. The standard InChI is InChI=1S/C31H56N10O7/c1-4-18(2)24(28(45)37-19(3)30(47)48)40-26(43)21(11-7-16-36-31(33)34)38-25(42)20(10-5-6-14-32)39-27(44)23-13-9-17-41(23)29(46)22-12-8-15-35-22/h18-24,35H,4-17,32H2,1-3H3,(H,37,45)(H,38,42)(H,39,44)(H,40,43)(H,47,48)(H4,33,34,36)/t18-,19-,20-,21-,22-,23-,24-/m0/s1. The molecule has 2 heterocycles. The third kappa shape index (κ3) is 12.6. The van der Waals surface area contributed by atoms with Gasteiger partial charge in [-0.1, -0.05) is 20.3 Å². The van der Waals surface area contributed by atoms with E-state index >= 15 is 0 Å². The number of likely N-dealkylation sites (tertiary alicyclic amines) is 1. The van der Waals surface area contributed by atoms with Crippen LogP contribution in [0.4, 0.5) is 0 Å². The van der Waals surface area contributed by atoms with Gasteiger partial charge in [-0.05, 0) is 83.7 Å². The number of rotatable bonds is 20. The van der Waals surface area contributed by atoms with E-state index in [9.17, 15) is 33.9 Å². The molecule has 0 unspecified atom stereocenters. The molecule has 0 spiro atoms. The third-order valence-corrected chi connectivity index (χ3v) is 8.88. The molecule has 12 N–H and O–H groups in total. The maximum Gasteiger partial charge on any atom is 0.325 e. The molecule has 272 valence electrons. The molecule has 17 nitrogen and oxygen atoms in total. The second kappa shape index (κ2) is 20.4. The zero-order valence-electron chi connectivity index (χ0n) is 28.5. The minimum Gasteiger partial charge on any atom is -0.480 e. The second-order valence-electron chi connectivity index (χ2n) is 12.6. The smallest absolute Gasteiger partial charge is 0.325 e. The van der Waals surface area contributed by atoms with E-state index in [2.05, 4.69) is 31.6 Å². The number of nitrogens with zero attached hydrogens (tertiary/aromatic N) is 2. The van der Waals surface area contributed by atoms with E-state index in [0.717, 1.165) is 13.0 Å². The Morgan fingerprint density at radius 2 is 1.56 bits per heavy atom. The number of nitrogens with two attached hydrogens (primary N) is 3. The summed E-state index contributed by atoms with van der Waals surface area (Å²) in [4.78, 5) is 84.0. The number of carbonyl (C=O) groups excluding carboxylic acids is 5. The number of carboxylic acids is 1. The predicted octanol–water partition coefficient (Wildman–Crippen LogP) is -2.00. The van der Waals surface area contributed by atoms with Crippen molar-refractivity contribution in [2.45, 2.75) is 121 Å². The summed E-state index contributed by atoms with van der Waals surface area (Å²) in [5.74, 6) is -4.25. The maximum atomic E-state index is 13.8. The van der Waals surface area contributed by atoms with Crippen LogP contribution in [0.1, 0.15) is 85.0 Å². The lowest BCUT2D eigenvalue weighted by molar-refractivity contribution is -0.142. The average Bonchev–Trinajstić information content (AvgIpc) is 3.77. The Labute approximate surface area is 282 Å². The highest BCUT2D eigenvalue weighted by Crippen LogP contribution is 2.21. The molecule has 0 aliphatic carbocycles. The monoisotopic (exact) mass is 680 g/mol. The van der Waals surface area contributed by atoms with Crippen LogP contribution >= 0.6 is 0 Å². The molecule has 48 heavy (non-hydrogen) atoms. The molecule has 17 heteroatoms. The van der Waals surface area contributed by atoms with Gasteiger partial charge in [-0.15, -0.1) is 0 Å². The van der Waals surface area contributed by atoms with E-state index < -0.39 is 59.8 Å². The Kier molecular flexibility index (Phi) is 17.1. The Morgan fingerprint density at radius 1 is 0.896 bits per heavy atom. The van der Waals surface area contributed by atoms with Gasteiger partial charge in [-0.2, -0.15) is 0 Å². The molecular formula is C31H56N10O7. The quantitative estimate of drug-likeness (QED) is 0.0385. The third-order valence-electron chi connectivity index (χ3n) is 8.88. The van der Waals surface area contributed by atoms with Crippen LogP contribution in [0.3, 0.4) is 0 Å². The second-order valence-corrected chi connectivity index (χ2v) is 12.6. The lowest BCUT2D eigenvalue weighted by Crippen LogP contribution is -2.59. The molecule has 0 bridgehead atoms. The molecule has 0 aromatic carbocycles. The fraction of sp³-hybridized carbons (Fsp3) is 0.774. The van der Waals surface area contributed by atoms with Crippen molar-refractivity contribution in [2.24, 2.45) is 28.1 Å². The van der Waals surface area contributed by atoms with E-state index in [1.165, 1.54) is 6.92 Å². The molecular weight excluding hydrogens is 624 g/mol. The number of aliphatic carboxylic acids is 1. The number of guanidine groups is 1. The van der Waals surface area contributed by atoms with Crippen molar-refractivity contribution < 1.29 is 33.9 Å². The number of hydrogen-bond donors (Lipinski definition) is 9. The highest BCUT2D eigenvalue weighted by molar-refractivity contribution is 5.96. The summed E-state index contributed by atoms with van der Waals surface area (Å²) in [7, 11) is 0. The van der Waals surface area contributed by atoms with Gasteiger partial charge in [-0.25, -0.2) is 0 Å². The molecule has 2 fully saturated rings. The van der Waals surface area contributed by atoms with Crippen molar-refractivity contribution in [1.29, 1.82) is 0 Å². The van der Waals surface area contributed by atoms with Crippen LogP contribution in [0.25, 0.3) is 0 Å². The summed E-state index contributed by atoms with van der Waals surface area (Å²) >= 11 is 0. The van der Waals surface area contributed by atoms with Gasteiger partial charge in [0.05, 0.1) is 6.04 Å². The van der Waals surface area contributed by atoms with Gasteiger partial charge in [0.15, 0.2) is 5.96 Å². The van der Waals surface area contributed by atoms with Crippen LogP contribution in [0.15, 0.2) is 4.99 Å². The molecule has 2 rings (SSSR count). The molecule has 0 saturated carbocycles. The number of amides is 5. The molecule has 2 saturated heterocycles. The summed E-state index contributed by atoms with van der Waals surface area (Å²) in [5, 5.41) is 23.1. The van der Waals surface area contributed by atoms with E-state index in [1.54, 1.807) is 11.8 Å². The number of nitrogens with one attached hydrogen (secondary N) is 5. The number of hydrogen-bond acceptors (Lipinski definition) is 9. The average molecular weight is 681 g/mol. The highest BCUT2D eigenvalue weighted by atomic mass is 16.4. The Balaban J connectivity index is 2.25. The molecule has 0 aromatic heterocycles. The number of carboxylic acid groups (broad SMARTS) is 1. The van der Waals surface area contributed by atoms with E-state index in [1.807, 2.05) is 6.92 Å². The van der Waals surface area contributed by atoms with Crippen molar-refractivity contribution in [2.75, 3.05) is 26.2 Å². The Hall–Kier alpha value is -3.99. The molecule has 0 radical (unpaired) electrons. The Morgan fingerprint density at radius 3 is 2.17 bits per heavy atom. The van der Waals surface area contributed by atoms with E-state index in [4.69, 9.17) is 17.2 Å². The van der Waals surface area contributed by atoms with Gasteiger partial charge < -0.3 is 53.8 Å². The summed E-state index contributed by atoms with van der Waals surface area (Å²) in [5.41, 5.74) is 16.5. The minimum atomic E-state index is -1.23. The topological polar surface area (TPSA) is 276 Å². The fourth-order valence-electron chi connectivity index (χ4n) is 5.79. The van der Waals surface area contributed by atoms with Crippen molar-refractivity contribution >= 4 is 41.5 Å². The number of carbonyl (C=O) groups is 6. The first kappa shape index (κ1) is 40.2. The zero-order valence-corrected chi connectivity index (χ0v) is 28.5. The molecule has 5 amide bonds. The van der Waals surface area contributed by atoms with Gasteiger partial charge in [0.25, 0.3) is 0 Å². The van der Waals surface area contributed by atoms with E-state index in [0.29, 0.717) is 58.0 Å². The Bertz CT molecular complexity index is 1140. The molecule has 7 atom stereocenters. The van der Waals surface area contributed by atoms with Gasteiger partial charge >= 0.3 is 5.97 Å². The molecule has 0 aromatic rings. The summed E-state index contributed by atoms with van der Waals surface area (Å²) < 4.78 is 0. The fourth-order valence-corrected chi connectivity index (χ4v) is 5.79. The van der Waals surface area contributed by atoms with Crippen molar-refractivity contribution in [3.8, 4) is 0 Å². The lowest BCUT2D eigenvalue weighted by atomic mass is 9.97. The largest absolute Gasteiger partial charge is 0.480 e. The van der Waals surface area contributed by atoms with Gasteiger partial charge in [0, 0.05) is 13.1 Å². The van der Waals surface area contributed by atoms with Crippen LogP contribution in [0, 0.1) is 5.92 Å². The summed E-state index contributed by atoms with van der Waals surface area (Å²) in [6.45, 7) is 6.63. The number of aliphatic imine (C=N–C) groups is 1. The van der Waals surface area contributed by atoms with Crippen molar-refractivity contribution in [1.82, 2.24) is 31.5 Å². The first-order valence-electron chi connectivity index (χ1n) is 17.0. The highest BCUT2D eigenvalue weighted by Gasteiger charge is 2.39. The summed E-state index contributed by atoms with van der Waals surface area (Å²) in [6.07, 6.45) is 4.97. The van der Waals surface area contributed by atoms with E-state index in [-0.39, 0.29) is 43.2 Å². The predicted molar refractivity (Wildman–Crippen MR) is 179 cm³/mol.